The molecule has 2 atom stereocenters. The maximum atomic E-state index is 14.0. The number of nitrogens with zero attached hydrogens (tertiary/aromatic N) is 3. The molecule has 1 aliphatic carbocycles. The van der Waals surface area contributed by atoms with Gasteiger partial charge in [0.25, 0.3) is 0 Å². The third-order valence-corrected chi connectivity index (χ3v) is 5.32. The van der Waals surface area contributed by atoms with Gasteiger partial charge < -0.3 is 10.6 Å². The predicted molar refractivity (Wildman–Crippen MR) is 114 cm³/mol. The fourth-order valence-corrected chi connectivity index (χ4v) is 3.76. The van der Waals surface area contributed by atoms with Crippen molar-refractivity contribution in [3.63, 3.8) is 0 Å². The number of benzene rings is 2. The second-order valence-electron chi connectivity index (χ2n) is 7.51. The van der Waals surface area contributed by atoms with Crippen LogP contribution in [0.2, 0.25) is 0 Å². The van der Waals surface area contributed by atoms with Gasteiger partial charge in [0.05, 0.1) is 11.4 Å². The van der Waals surface area contributed by atoms with Gasteiger partial charge >= 0.3 is 0 Å². The molecule has 5 nitrogen and oxygen atoms in total. The number of aryl methyl sites for hydroxylation is 2. The molecule has 0 radical (unpaired) electrons. The summed E-state index contributed by atoms with van der Waals surface area (Å²) in [7, 11) is 1.75. The van der Waals surface area contributed by atoms with E-state index in [2.05, 4.69) is 45.8 Å². The minimum absolute atomic E-state index is 0.136. The minimum Gasteiger partial charge on any atom is -0.353 e. The van der Waals surface area contributed by atoms with Crippen molar-refractivity contribution >= 4 is 5.96 Å². The maximum absolute atomic E-state index is 14.0. The van der Waals surface area contributed by atoms with Crippen molar-refractivity contribution < 1.29 is 4.39 Å². The van der Waals surface area contributed by atoms with Gasteiger partial charge in [-0.15, -0.1) is 0 Å². The lowest BCUT2D eigenvalue weighted by Gasteiger charge is -2.15. The highest BCUT2D eigenvalue weighted by molar-refractivity contribution is 5.80. The number of hydrogen-bond acceptors (Lipinski definition) is 2. The highest BCUT2D eigenvalue weighted by Crippen LogP contribution is 2.41. The zero-order valence-electron chi connectivity index (χ0n) is 17.0. The van der Waals surface area contributed by atoms with Crippen LogP contribution < -0.4 is 10.6 Å². The Morgan fingerprint density at radius 3 is 2.66 bits per heavy atom. The van der Waals surface area contributed by atoms with E-state index in [4.69, 9.17) is 0 Å². The van der Waals surface area contributed by atoms with Gasteiger partial charge in [-0.25, -0.2) is 9.07 Å². The first-order chi connectivity index (χ1) is 14.1. The van der Waals surface area contributed by atoms with Crippen LogP contribution in [0.25, 0.3) is 5.69 Å². The molecule has 2 N–H and O–H groups in total. The van der Waals surface area contributed by atoms with Crippen molar-refractivity contribution in [2.45, 2.75) is 38.8 Å². The van der Waals surface area contributed by atoms with E-state index in [0.717, 1.165) is 40.6 Å². The molecular weight excluding hydrogens is 365 g/mol. The Morgan fingerprint density at radius 1 is 1.17 bits per heavy atom. The number of aliphatic imine (C=N–C) groups is 1. The zero-order valence-corrected chi connectivity index (χ0v) is 17.0. The monoisotopic (exact) mass is 391 g/mol. The van der Waals surface area contributed by atoms with Crippen LogP contribution in [0, 0.1) is 19.7 Å². The number of hydrogen-bond donors (Lipinski definition) is 2. The summed E-state index contributed by atoms with van der Waals surface area (Å²) in [4.78, 5) is 4.34. The van der Waals surface area contributed by atoms with Gasteiger partial charge in [0, 0.05) is 31.2 Å². The molecule has 6 heteroatoms. The first kappa shape index (κ1) is 19.2. The maximum Gasteiger partial charge on any atom is 0.191 e. The molecular formula is C23H26FN5. The van der Waals surface area contributed by atoms with Gasteiger partial charge in [0.1, 0.15) is 5.82 Å². The number of guanidine groups is 1. The molecule has 0 spiro atoms. The number of rotatable bonds is 5. The molecule has 2 unspecified atom stereocenters. The number of halogens is 1. The van der Waals surface area contributed by atoms with Crippen LogP contribution in [0.5, 0.6) is 0 Å². The summed E-state index contributed by atoms with van der Waals surface area (Å²) in [6, 6.07) is 17.5. The lowest BCUT2D eigenvalue weighted by atomic mass is 10.1. The molecule has 1 heterocycles. The van der Waals surface area contributed by atoms with Crippen LogP contribution in [-0.4, -0.2) is 28.8 Å². The molecule has 2 aromatic carbocycles. The molecule has 0 saturated heterocycles. The number of aromatic nitrogens is 2. The van der Waals surface area contributed by atoms with Crippen molar-refractivity contribution in [1.29, 1.82) is 0 Å². The van der Waals surface area contributed by atoms with Gasteiger partial charge in [0.2, 0.25) is 0 Å². The smallest absolute Gasteiger partial charge is 0.191 e. The summed E-state index contributed by atoms with van der Waals surface area (Å²) < 4.78 is 16.0. The normalized spacial score (nSPS) is 18.6. The van der Waals surface area contributed by atoms with Crippen LogP contribution in [0.3, 0.4) is 0 Å². The molecule has 1 aromatic heterocycles. The van der Waals surface area contributed by atoms with Gasteiger partial charge in [-0.3, -0.25) is 4.99 Å². The Balaban J connectivity index is 1.42. The van der Waals surface area contributed by atoms with Crippen molar-refractivity contribution in [3.05, 3.63) is 82.9 Å². The molecule has 1 aliphatic rings. The van der Waals surface area contributed by atoms with E-state index < -0.39 is 0 Å². The van der Waals surface area contributed by atoms with E-state index in [1.807, 2.05) is 35.9 Å². The average molecular weight is 391 g/mol. The molecule has 1 fully saturated rings. The molecule has 4 rings (SSSR count). The summed E-state index contributed by atoms with van der Waals surface area (Å²) in [6.45, 7) is 4.67. The first-order valence-corrected chi connectivity index (χ1v) is 9.90. The molecule has 29 heavy (non-hydrogen) atoms. The summed E-state index contributed by atoms with van der Waals surface area (Å²) >= 11 is 0. The van der Waals surface area contributed by atoms with E-state index in [1.165, 1.54) is 6.07 Å². The number of nitrogens with one attached hydrogen (secondary N) is 2. The van der Waals surface area contributed by atoms with Crippen LogP contribution in [0.4, 0.5) is 4.39 Å². The number of para-hydroxylation sites is 1. The van der Waals surface area contributed by atoms with Crippen molar-refractivity contribution in [3.8, 4) is 5.69 Å². The lowest BCUT2D eigenvalue weighted by Crippen LogP contribution is -2.38. The largest absolute Gasteiger partial charge is 0.353 e. The summed E-state index contributed by atoms with van der Waals surface area (Å²) in [5, 5.41) is 11.4. The van der Waals surface area contributed by atoms with E-state index in [0.29, 0.717) is 6.54 Å². The Labute approximate surface area is 170 Å². The predicted octanol–water partition coefficient (Wildman–Crippen LogP) is 3.85. The SMILES string of the molecule is CN=C(NCc1ccccc1-n1nc(C)cc1C)NC1CC1c1ccccc1F. The van der Waals surface area contributed by atoms with Gasteiger partial charge in [-0.2, -0.15) is 5.10 Å². The van der Waals surface area contributed by atoms with Crippen LogP contribution in [-0.2, 0) is 6.54 Å². The first-order valence-electron chi connectivity index (χ1n) is 9.90. The van der Waals surface area contributed by atoms with Crippen molar-refractivity contribution in [1.82, 2.24) is 20.4 Å². The fraction of sp³-hybridized carbons (Fsp3) is 0.304. The molecule has 0 amide bonds. The average Bonchev–Trinajstić information content (AvgIpc) is 3.40. The molecule has 1 saturated carbocycles. The topological polar surface area (TPSA) is 54.2 Å². The second kappa shape index (κ2) is 8.07. The third kappa shape index (κ3) is 4.16. The molecule has 3 aromatic rings. The lowest BCUT2D eigenvalue weighted by molar-refractivity contribution is 0.607. The van der Waals surface area contributed by atoms with Gasteiger partial charge in [-0.1, -0.05) is 36.4 Å². The fourth-order valence-electron chi connectivity index (χ4n) is 3.76. The van der Waals surface area contributed by atoms with E-state index in [1.54, 1.807) is 13.1 Å². The third-order valence-electron chi connectivity index (χ3n) is 5.32. The summed E-state index contributed by atoms with van der Waals surface area (Å²) in [5.74, 6) is 0.775. The summed E-state index contributed by atoms with van der Waals surface area (Å²) in [5.41, 5.74) is 5.05. The Kier molecular flexibility index (Phi) is 5.34. The standard InChI is InChI=1S/C23H26FN5/c1-15-12-16(2)29(28-15)22-11-7-4-8-17(22)14-26-23(25-3)27-21-13-19(21)18-9-5-6-10-20(18)24/h4-12,19,21H,13-14H2,1-3H3,(H2,25,26,27). The van der Waals surface area contributed by atoms with Crippen molar-refractivity contribution in [2.75, 3.05) is 7.05 Å². The minimum atomic E-state index is -0.136. The van der Waals surface area contributed by atoms with Gasteiger partial charge in [0.15, 0.2) is 5.96 Å². The Hall–Kier alpha value is -3.15. The quantitative estimate of drug-likeness (QED) is 0.513. The Morgan fingerprint density at radius 2 is 1.93 bits per heavy atom. The van der Waals surface area contributed by atoms with Crippen molar-refractivity contribution in [2.24, 2.45) is 4.99 Å². The highest BCUT2D eigenvalue weighted by atomic mass is 19.1. The van der Waals surface area contributed by atoms with E-state index >= 15 is 0 Å². The van der Waals surface area contributed by atoms with Crippen LogP contribution in [0.15, 0.2) is 59.6 Å². The zero-order chi connectivity index (χ0) is 20.4. The van der Waals surface area contributed by atoms with Crippen LogP contribution in [0.1, 0.15) is 34.9 Å². The molecule has 0 bridgehead atoms. The van der Waals surface area contributed by atoms with Crippen LogP contribution >= 0.6 is 0 Å². The molecule has 150 valence electrons. The highest BCUT2D eigenvalue weighted by Gasteiger charge is 2.40. The second-order valence-corrected chi connectivity index (χ2v) is 7.51. The Bertz CT molecular complexity index is 1040. The summed E-state index contributed by atoms with van der Waals surface area (Å²) in [6.07, 6.45) is 0.907. The van der Waals surface area contributed by atoms with E-state index in [9.17, 15) is 4.39 Å². The van der Waals surface area contributed by atoms with Gasteiger partial charge in [-0.05, 0) is 49.6 Å². The molecule has 0 aliphatic heterocycles. The van der Waals surface area contributed by atoms with E-state index in [-0.39, 0.29) is 17.8 Å².